The molecule has 0 radical (unpaired) electrons. The van der Waals surface area contributed by atoms with Crippen LogP contribution in [0.2, 0.25) is 0 Å². The lowest BCUT2D eigenvalue weighted by molar-refractivity contribution is 0.276. The van der Waals surface area contributed by atoms with Gasteiger partial charge in [-0.25, -0.2) is 0 Å². The van der Waals surface area contributed by atoms with E-state index in [4.69, 9.17) is 30.1 Å². The van der Waals surface area contributed by atoms with E-state index in [1.54, 1.807) is 0 Å². The predicted octanol–water partition coefficient (Wildman–Crippen LogP) is -3.08. The van der Waals surface area contributed by atoms with Crippen LogP contribution in [0.5, 0.6) is 0 Å². The van der Waals surface area contributed by atoms with Crippen molar-refractivity contribution < 1.29 is 30.1 Å². The number of hydrogen-bond acceptors (Lipinski definition) is 6. The third-order valence-corrected chi connectivity index (χ3v) is 0. The van der Waals surface area contributed by atoms with Crippen LogP contribution >= 0.6 is 0 Å². The minimum Gasteiger partial charge on any atom is -0.402 e. The zero-order valence-electron chi connectivity index (χ0n) is 5.84. The molecule has 6 N–H and O–H groups in total. The predicted molar refractivity (Wildman–Crippen MR) is 36.2 cm³/mol. The van der Waals surface area contributed by atoms with Crippen molar-refractivity contribution in [1.29, 1.82) is 0 Å². The highest BCUT2D eigenvalue weighted by atomic mass is 16.5. The van der Waals surface area contributed by atoms with Crippen LogP contribution in [0.15, 0.2) is 0 Å². The van der Waals surface area contributed by atoms with Gasteiger partial charge in [-0.1, -0.05) is 13.8 Å². The lowest BCUT2D eigenvalue weighted by atomic mass is 10.3. The SMILES string of the molecule is CC.OB(O)O.OB(O)O. The first kappa shape index (κ1) is 16.5. The molecule has 10 heavy (non-hydrogen) atoms. The molecular weight excluding hydrogens is 142 g/mol. The van der Waals surface area contributed by atoms with Crippen LogP contribution in [0.4, 0.5) is 0 Å². The molecule has 6 nitrogen and oxygen atoms in total. The van der Waals surface area contributed by atoms with E-state index in [1.165, 1.54) is 0 Å². The first-order chi connectivity index (χ1) is 4.46. The van der Waals surface area contributed by atoms with E-state index >= 15 is 0 Å². The Morgan fingerprint density at radius 3 is 0.600 bits per heavy atom. The molecule has 0 fully saturated rings. The van der Waals surface area contributed by atoms with Gasteiger partial charge in [0.2, 0.25) is 0 Å². The number of hydrogen-bond donors (Lipinski definition) is 6. The Labute approximate surface area is 59.7 Å². The van der Waals surface area contributed by atoms with E-state index in [9.17, 15) is 0 Å². The molecule has 0 aromatic rings. The van der Waals surface area contributed by atoms with Crippen molar-refractivity contribution in [1.82, 2.24) is 0 Å². The Balaban J connectivity index is -0.0000000787. The van der Waals surface area contributed by atoms with E-state index in [0.29, 0.717) is 0 Å². The zero-order valence-corrected chi connectivity index (χ0v) is 5.84. The first-order valence-electron chi connectivity index (χ1n) is 2.55. The van der Waals surface area contributed by atoms with Crippen molar-refractivity contribution in [2.24, 2.45) is 0 Å². The van der Waals surface area contributed by atoms with Gasteiger partial charge in [0, 0.05) is 0 Å². The van der Waals surface area contributed by atoms with E-state index in [0.717, 1.165) is 0 Å². The second-order valence-corrected chi connectivity index (χ2v) is 0.693. The van der Waals surface area contributed by atoms with Gasteiger partial charge in [-0.3, -0.25) is 0 Å². The Kier molecular flexibility index (Phi) is 26.3. The van der Waals surface area contributed by atoms with Crippen LogP contribution in [0.3, 0.4) is 0 Å². The van der Waals surface area contributed by atoms with E-state index in [1.807, 2.05) is 13.8 Å². The summed E-state index contributed by atoms with van der Waals surface area (Å²) in [7, 11) is -4.33. The van der Waals surface area contributed by atoms with Gasteiger partial charge in [0.05, 0.1) is 0 Å². The van der Waals surface area contributed by atoms with E-state index in [2.05, 4.69) is 0 Å². The minimum absolute atomic E-state index is 2.00. The van der Waals surface area contributed by atoms with Gasteiger partial charge in [0.25, 0.3) is 0 Å². The largest absolute Gasteiger partial charge is 0.631 e. The van der Waals surface area contributed by atoms with Crippen LogP contribution in [-0.4, -0.2) is 44.8 Å². The van der Waals surface area contributed by atoms with Gasteiger partial charge in [0.1, 0.15) is 0 Å². The van der Waals surface area contributed by atoms with Gasteiger partial charge >= 0.3 is 14.6 Å². The smallest absolute Gasteiger partial charge is 0.402 e. The van der Waals surface area contributed by atoms with Crippen molar-refractivity contribution in [2.45, 2.75) is 13.8 Å². The second-order valence-electron chi connectivity index (χ2n) is 0.693. The molecule has 0 rings (SSSR count). The van der Waals surface area contributed by atoms with Crippen LogP contribution in [0.25, 0.3) is 0 Å². The maximum absolute atomic E-state index is 7.17. The minimum atomic E-state index is -2.17. The van der Waals surface area contributed by atoms with Crippen LogP contribution in [-0.2, 0) is 0 Å². The average Bonchev–Trinajstić information content (AvgIpc) is 1.66. The van der Waals surface area contributed by atoms with Gasteiger partial charge in [0.15, 0.2) is 0 Å². The average molecular weight is 154 g/mol. The van der Waals surface area contributed by atoms with Gasteiger partial charge in [-0.15, -0.1) is 0 Å². The summed E-state index contributed by atoms with van der Waals surface area (Å²) >= 11 is 0. The molecule has 0 bridgehead atoms. The summed E-state index contributed by atoms with van der Waals surface area (Å²) in [4.78, 5) is 0. The Morgan fingerprint density at radius 1 is 0.600 bits per heavy atom. The molecule has 0 atom stereocenters. The summed E-state index contributed by atoms with van der Waals surface area (Å²) in [6, 6.07) is 0. The molecule has 0 aromatic carbocycles. The fraction of sp³-hybridized carbons (Fsp3) is 1.00. The Bertz CT molecular complexity index is 29.2. The topological polar surface area (TPSA) is 121 Å². The van der Waals surface area contributed by atoms with Crippen LogP contribution in [0, 0.1) is 0 Å². The van der Waals surface area contributed by atoms with Crippen molar-refractivity contribution in [3.8, 4) is 0 Å². The molecule has 0 saturated carbocycles. The summed E-state index contributed by atoms with van der Waals surface area (Å²) in [5.74, 6) is 0. The molecular formula is C2H12B2O6. The van der Waals surface area contributed by atoms with E-state index < -0.39 is 14.6 Å². The summed E-state index contributed by atoms with van der Waals surface area (Å²) in [5, 5.41) is 43.0. The Hall–Kier alpha value is -0.110. The van der Waals surface area contributed by atoms with Crippen molar-refractivity contribution in [2.75, 3.05) is 0 Å². The van der Waals surface area contributed by atoms with Crippen LogP contribution in [0.1, 0.15) is 13.8 Å². The normalized spacial score (nSPS) is 6.00. The maximum atomic E-state index is 7.17. The van der Waals surface area contributed by atoms with E-state index in [-0.39, 0.29) is 0 Å². The third-order valence-electron chi connectivity index (χ3n) is 0. The maximum Gasteiger partial charge on any atom is 0.631 e. The molecule has 0 aliphatic heterocycles. The molecule has 0 amide bonds. The van der Waals surface area contributed by atoms with Gasteiger partial charge in [-0.05, 0) is 0 Å². The van der Waals surface area contributed by atoms with Crippen molar-refractivity contribution >= 4 is 14.6 Å². The lowest BCUT2D eigenvalue weighted by Gasteiger charge is -1.69. The monoisotopic (exact) mass is 154 g/mol. The van der Waals surface area contributed by atoms with Gasteiger partial charge in [-0.2, -0.15) is 0 Å². The zero-order chi connectivity index (χ0) is 9.15. The summed E-state index contributed by atoms with van der Waals surface area (Å²) in [5.41, 5.74) is 0. The highest BCUT2D eigenvalue weighted by Crippen LogP contribution is 1.40. The summed E-state index contributed by atoms with van der Waals surface area (Å²) in [6.07, 6.45) is 0. The fourth-order valence-corrected chi connectivity index (χ4v) is 0. The molecule has 0 aliphatic rings. The molecule has 0 aromatic heterocycles. The first-order valence-corrected chi connectivity index (χ1v) is 2.55. The molecule has 62 valence electrons. The van der Waals surface area contributed by atoms with Crippen molar-refractivity contribution in [3.63, 3.8) is 0 Å². The fourth-order valence-electron chi connectivity index (χ4n) is 0. The quantitative estimate of drug-likeness (QED) is 0.206. The molecule has 8 heteroatoms. The second kappa shape index (κ2) is 16.0. The standard InChI is InChI=1S/C2H6.2BH3O3/c1-2;2*2-1(3)4/h1-2H3;2*2-4H. The molecule has 0 saturated heterocycles. The summed E-state index contributed by atoms with van der Waals surface area (Å²) < 4.78 is 0. The highest BCUT2D eigenvalue weighted by Gasteiger charge is 1.93. The molecule has 0 heterocycles. The summed E-state index contributed by atoms with van der Waals surface area (Å²) in [6.45, 7) is 4.00. The molecule has 0 spiro atoms. The highest BCUT2D eigenvalue weighted by molar-refractivity contribution is 6.30. The number of rotatable bonds is 0. The van der Waals surface area contributed by atoms with Crippen molar-refractivity contribution in [3.05, 3.63) is 0 Å². The Morgan fingerprint density at radius 2 is 0.600 bits per heavy atom. The lowest BCUT2D eigenvalue weighted by Crippen LogP contribution is -2.07. The van der Waals surface area contributed by atoms with Gasteiger partial charge < -0.3 is 30.1 Å². The molecule has 0 unspecified atom stereocenters. The van der Waals surface area contributed by atoms with Crippen LogP contribution < -0.4 is 0 Å². The molecule has 0 aliphatic carbocycles. The third kappa shape index (κ3) is 30900.